The van der Waals surface area contributed by atoms with Crippen molar-refractivity contribution in [2.24, 2.45) is 28.7 Å². The number of likely N-dealkylation sites (N-methyl/N-ethyl adjacent to an activating group) is 1. The largest absolute Gasteiger partial charge is 0.458 e. The molecule has 1 unspecified atom stereocenters. The van der Waals surface area contributed by atoms with Gasteiger partial charge in [0, 0.05) is 47.9 Å². The number of amides is 1. The topological polar surface area (TPSA) is 149 Å². The van der Waals surface area contributed by atoms with Gasteiger partial charge in [-0.15, -0.1) is 0 Å². The second kappa shape index (κ2) is 16.6. The highest BCUT2D eigenvalue weighted by molar-refractivity contribution is 6.00. The Bertz CT molecular complexity index is 1830. The highest BCUT2D eigenvalue weighted by Gasteiger charge is 2.59. The molecule has 0 saturated carbocycles. The lowest BCUT2D eigenvalue weighted by Gasteiger charge is -2.47. The van der Waals surface area contributed by atoms with Gasteiger partial charge in [0.2, 0.25) is 0 Å². The zero-order chi connectivity index (χ0) is 40.7. The molecule has 0 aliphatic carbocycles. The zero-order valence-corrected chi connectivity index (χ0v) is 34.5. The fourth-order valence-corrected chi connectivity index (χ4v) is 9.57. The predicted molar refractivity (Wildman–Crippen MR) is 212 cm³/mol. The van der Waals surface area contributed by atoms with Crippen LogP contribution < -0.4 is 0 Å². The maximum Gasteiger partial charge on any atom is 0.410 e. The first-order valence-electron chi connectivity index (χ1n) is 20.0. The van der Waals surface area contributed by atoms with E-state index in [4.69, 9.17) is 28.7 Å². The highest BCUT2D eigenvalue weighted by atomic mass is 16.7. The molecule has 56 heavy (non-hydrogen) atoms. The van der Waals surface area contributed by atoms with Gasteiger partial charge in [-0.2, -0.15) is 0 Å². The minimum atomic E-state index is -1.20. The van der Waals surface area contributed by atoms with Crippen molar-refractivity contribution in [1.82, 2.24) is 14.8 Å². The maximum atomic E-state index is 14.5. The molecule has 1 N–H and O–H groups in total. The summed E-state index contributed by atoms with van der Waals surface area (Å²) >= 11 is 0. The van der Waals surface area contributed by atoms with Crippen LogP contribution in [-0.4, -0.2) is 131 Å². The van der Waals surface area contributed by atoms with E-state index in [0.717, 1.165) is 22.0 Å². The molecule has 4 aliphatic heterocycles. The molecule has 3 saturated heterocycles. The third-order valence-electron chi connectivity index (χ3n) is 12.7. The number of aliphatic imine (C=N–C) groups is 1. The summed E-state index contributed by atoms with van der Waals surface area (Å²) in [5.41, 5.74) is -0.522. The van der Waals surface area contributed by atoms with Crippen molar-refractivity contribution < 1.29 is 43.2 Å². The Morgan fingerprint density at radius 2 is 1.80 bits per heavy atom. The summed E-state index contributed by atoms with van der Waals surface area (Å²) in [7, 11) is 3.81. The number of benzene rings is 1. The number of nitrogens with zero attached hydrogens (tertiary/aromatic N) is 4. The molecular formula is C43H60N4O9. The number of fused-ring (bicyclic) bond motifs is 2. The van der Waals surface area contributed by atoms with E-state index < -0.39 is 71.5 Å². The first-order chi connectivity index (χ1) is 26.5. The van der Waals surface area contributed by atoms with Crippen LogP contribution in [0.3, 0.4) is 0 Å². The molecule has 306 valence electrons. The van der Waals surface area contributed by atoms with E-state index in [1.165, 1.54) is 6.92 Å². The Hall–Kier alpha value is -3.75. The van der Waals surface area contributed by atoms with Crippen LogP contribution in [0.4, 0.5) is 4.79 Å². The summed E-state index contributed by atoms with van der Waals surface area (Å²) in [6.45, 7) is 15.6. The Kier molecular flexibility index (Phi) is 12.4. The van der Waals surface area contributed by atoms with Crippen molar-refractivity contribution in [2.75, 3.05) is 33.8 Å². The molecule has 6 rings (SSSR count). The fourth-order valence-electron chi connectivity index (χ4n) is 9.57. The molecule has 2 aromatic rings. The average Bonchev–Trinajstić information content (AvgIpc) is 3.29. The Morgan fingerprint density at radius 3 is 2.54 bits per heavy atom. The van der Waals surface area contributed by atoms with Gasteiger partial charge in [-0.1, -0.05) is 51.1 Å². The maximum absolute atomic E-state index is 14.5. The summed E-state index contributed by atoms with van der Waals surface area (Å²) in [6, 6.07) is 7.26. The molecule has 1 aromatic carbocycles. The minimum absolute atomic E-state index is 0.157. The van der Waals surface area contributed by atoms with Crippen LogP contribution in [0, 0.1) is 23.7 Å². The molecule has 4 aliphatic rings. The van der Waals surface area contributed by atoms with Crippen molar-refractivity contribution in [2.45, 2.75) is 122 Å². The summed E-state index contributed by atoms with van der Waals surface area (Å²) in [6.07, 6.45) is 3.79. The summed E-state index contributed by atoms with van der Waals surface area (Å²) < 4.78 is 32.1. The lowest BCUT2D eigenvalue weighted by Crippen LogP contribution is -2.60. The lowest BCUT2D eigenvalue weighted by molar-refractivity contribution is -0.296. The van der Waals surface area contributed by atoms with Crippen LogP contribution in [0.5, 0.6) is 0 Å². The number of carbonyl (C=O) groups is 3. The van der Waals surface area contributed by atoms with Gasteiger partial charge < -0.3 is 33.7 Å². The first kappa shape index (κ1) is 41.9. The molecule has 0 radical (unpaired) electrons. The van der Waals surface area contributed by atoms with Crippen LogP contribution >= 0.6 is 0 Å². The molecular weight excluding hydrogens is 716 g/mol. The normalized spacial score (nSPS) is 38.6. The zero-order valence-electron chi connectivity index (χ0n) is 34.5. The summed E-state index contributed by atoms with van der Waals surface area (Å²) in [4.78, 5) is 54.7. The van der Waals surface area contributed by atoms with E-state index in [0.29, 0.717) is 25.9 Å². The van der Waals surface area contributed by atoms with Gasteiger partial charge in [-0.25, -0.2) is 4.79 Å². The molecule has 1 aromatic heterocycles. The third-order valence-corrected chi connectivity index (χ3v) is 12.7. The van der Waals surface area contributed by atoms with Crippen LogP contribution in [0.2, 0.25) is 0 Å². The lowest BCUT2D eigenvalue weighted by atomic mass is 9.73. The Labute approximate surface area is 330 Å². The number of hydrogen-bond donors (Lipinski definition) is 1. The number of hydrogen-bond acceptors (Lipinski definition) is 12. The molecule has 5 heterocycles. The fraction of sp³-hybridized carbons (Fsp3) is 0.651. The van der Waals surface area contributed by atoms with E-state index in [9.17, 15) is 19.5 Å². The van der Waals surface area contributed by atoms with E-state index >= 15 is 0 Å². The van der Waals surface area contributed by atoms with Crippen molar-refractivity contribution in [3.8, 4) is 0 Å². The van der Waals surface area contributed by atoms with Crippen LogP contribution in [0.25, 0.3) is 16.8 Å². The molecule has 1 amide bonds. The van der Waals surface area contributed by atoms with Crippen molar-refractivity contribution in [3.63, 3.8) is 0 Å². The van der Waals surface area contributed by atoms with E-state index in [1.54, 1.807) is 31.9 Å². The summed E-state index contributed by atoms with van der Waals surface area (Å²) in [5.74, 6) is -3.73. The van der Waals surface area contributed by atoms with Crippen LogP contribution in [0.15, 0.2) is 47.7 Å². The number of pyridine rings is 1. The number of ketones is 1. The van der Waals surface area contributed by atoms with E-state index in [2.05, 4.69) is 11.9 Å². The van der Waals surface area contributed by atoms with Gasteiger partial charge in [0.15, 0.2) is 17.7 Å². The number of Topliss-reactive ketones (excluding diaryl/α,β-unsaturated/α-hetero) is 1. The minimum Gasteiger partial charge on any atom is -0.458 e. The number of aliphatic hydroxyl groups excluding tert-OH is 1. The quantitative estimate of drug-likeness (QED) is 0.288. The number of aliphatic hydroxyl groups is 1. The van der Waals surface area contributed by atoms with Gasteiger partial charge in [-0.05, 0) is 84.5 Å². The van der Waals surface area contributed by atoms with Crippen LogP contribution in [0.1, 0.15) is 73.8 Å². The molecule has 2 bridgehead atoms. The molecule has 3 fully saturated rings. The molecule has 13 heteroatoms. The second-order valence-corrected chi connectivity index (χ2v) is 17.0. The number of carbonyl (C=O) groups excluding carboxylic acids is 3. The Balaban J connectivity index is 1.42. The predicted octanol–water partition coefficient (Wildman–Crippen LogP) is 5.32. The van der Waals surface area contributed by atoms with Crippen molar-refractivity contribution >= 4 is 40.4 Å². The van der Waals surface area contributed by atoms with E-state index in [1.807, 2.05) is 82.4 Å². The molecule has 13 nitrogen and oxygen atoms in total. The smallest absolute Gasteiger partial charge is 0.410 e. The number of esters is 1. The number of cyclic esters (lactones) is 1. The van der Waals surface area contributed by atoms with Gasteiger partial charge in [0.25, 0.3) is 0 Å². The average molecular weight is 777 g/mol. The second-order valence-electron chi connectivity index (χ2n) is 17.0. The highest BCUT2D eigenvalue weighted by Crippen LogP contribution is 2.43. The SMILES string of the molecule is C[C@H]1C(=O)O[C@@H](C)[C@@]2(C)OC(=O)N3CCN=C([C@H](C)C[C@](C)(OC/C=C/c4cccc5cnccc45)[C@H](O[C@H]4O[C@@H](C)C[C@@H](N(C)C)C4O)[C@@H](C)C1=O)[C@@H](C)[C@@H]32. The molecule has 13 atom stereocenters. The Morgan fingerprint density at radius 1 is 1.05 bits per heavy atom. The number of rotatable bonds is 7. The van der Waals surface area contributed by atoms with Gasteiger partial charge >= 0.3 is 12.1 Å². The van der Waals surface area contributed by atoms with Crippen LogP contribution in [-0.2, 0) is 33.3 Å². The van der Waals surface area contributed by atoms with Crippen molar-refractivity contribution in [1.29, 1.82) is 0 Å². The third kappa shape index (κ3) is 8.02. The van der Waals surface area contributed by atoms with Gasteiger partial charge in [0.1, 0.15) is 18.1 Å². The first-order valence-corrected chi connectivity index (χ1v) is 20.0. The molecule has 0 spiro atoms. The monoisotopic (exact) mass is 776 g/mol. The van der Waals surface area contributed by atoms with Crippen molar-refractivity contribution in [3.05, 3.63) is 48.3 Å². The van der Waals surface area contributed by atoms with Gasteiger partial charge in [0.05, 0.1) is 37.0 Å². The standard InChI is InChI=1S/C43H60N4O9/c1-24-22-42(7,52-20-12-15-30-13-11-14-31-23-44-17-16-32(30)31)38(55-40-36(49)33(46(9)10)21-25(2)53-40)27(4)35(48)28(5)39(50)54-29(6)43(8)37-26(3)34(24)45-18-19-47(37)41(51)56-43/h11-17,23-29,33,36-38,40,49H,18-22H2,1-10H3/b15-12+/t24-,25+,26-,27+,28-,29+,33-,36?,37-,38-,40-,42+,43-/m1/s1. The number of ether oxygens (including phenoxy) is 5. The van der Waals surface area contributed by atoms with Gasteiger partial charge in [-0.3, -0.25) is 24.5 Å². The summed E-state index contributed by atoms with van der Waals surface area (Å²) in [5, 5.41) is 13.7. The van der Waals surface area contributed by atoms with E-state index in [-0.39, 0.29) is 30.6 Å². The number of aromatic nitrogens is 1.